The molecule has 2 saturated carbocycles. The Morgan fingerprint density at radius 2 is 0.689 bits per heavy atom. The largest absolute Gasteiger partial charge is 0.444 e. The molecule has 6 saturated heterocycles. The van der Waals surface area contributed by atoms with E-state index in [0.29, 0.717) is 43.5 Å². The lowest BCUT2D eigenvalue weighted by atomic mass is 9.77. The van der Waals surface area contributed by atoms with Crippen LogP contribution in [0.15, 0.2) is 12.4 Å². The van der Waals surface area contributed by atoms with Gasteiger partial charge in [0, 0.05) is 37.3 Å². The van der Waals surface area contributed by atoms with Crippen molar-refractivity contribution in [2.45, 2.75) is 453 Å². The molecule has 2 aromatic heterocycles. The molecule has 756 valence electrons. The first-order valence-electron chi connectivity index (χ1n) is 45.9. The van der Waals surface area contributed by atoms with Gasteiger partial charge in [-0.2, -0.15) is 0 Å². The molecular formula is C86H147N11O35. The van der Waals surface area contributed by atoms with Crippen molar-refractivity contribution in [3.8, 4) is 0 Å². The lowest BCUT2D eigenvalue weighted by Gasteiger charge is -2.48. The average molecular weight is 1900 g/mol. The van der Waals surface area contributed by atoms with E-state index in [-0.39, 0.29) is 38.8 Å². The van der Waals surface area contributed by atoms with Crippen LogP contribution in [0, 0.1) is 23.7 Å². The average Bonchev–Trinajstić information content (AvgIpc) is 1.01. The molecule has 6 aliphatic heterocycles. The number of carbonyl (C=O) groups excluding carboxylic acids is 5. The van der Waals surface area contributed by atoms with Gasteiger partial charge in [0.25, 0.3) is 0 Å². The number of amides is 5. The molecule has 46 nitrogen and oxygen atoms in total. The third-order valence-electron chi connectivity index (χ3n) is 24.1. The Morgan fingerprint density at radius 1 is 0.356 bits per heavy atom. The van der Waals surface area contributed by atoms with Crippen molar-refractivity contribution in [2.75, 3.05) is 13.1 Å². The second-order valence-electron chi connectivity index (χ2n) is 41.1. The first-order chi connectivity index (χ1) is 61.5. The van der Waals surface area contributed by atoms with Gasteiger partial charge in [-0.05, 0) is 167 Å². The SMILES string of the molecule is CCC1O[C@H](OC2C(NC(=O)OC(C)(C)C)C[C@@H](O)C(O)[C@H]2O[C@@H]2O[C@H](Cn3cc(CCCCCc4cn(C[C@H]5O[C@@H](O[C@H]6C(O[C@H]7OC(CNC(=O)OC(C)(C)C)C(O)[C@H](O)C7NC(=O)OC(C)(C)C)C(C)C[C@@H](C)C6O)C(O)[C@H]5O[C@H]5O[C@@H](CNC(=O)OC(C)(C)C)C(O)C(O)C5NC(=O)OC(C)(C)C)nn4)nn3)[C@H](O[C@H]3O[C@@H](CC)C(O)C(O)C3C)C2O)C(C)[C@@H](O)C1O. The third-order valence-corrected chi connectivity index (χ3v) is 24.1. The maximum atomic E-state index is 13.7. The highest BCUT2D eigenvalue weighted by molar-refractivity contribution is 5.70. The second-order valence-corrected chi connectivity index (χ2v) is 41.1. The monoisotopic (exact) mass is 1890 g/mol. The molecule has 0 bridgehead atoms. The van der Waals surface area contributed by atoms with Gasteiger partial charge in [-0.25, -0.2) is 33.3 Å². The molecule has 8 heterocycles. The Bertz CT molecular complexity index is 3990. The van der Waals surface area contributed by atoms with Gasteiger partial charge in [-0.15, -0.1) is 10.2 Å². The minimum atomic E-state index is -1.92. The van der Waals surface area contributed by atoms with Gasteiger partial charge in [0.2, 0.25) is 0 Å². The van der Waals surface area contributed by atoms with Crippen LogP contribution in [0.1, 0.15) is 202 Å². The van der Waals surface area contributed by atoms with Crippen LogP contribution in [0.2, 0.25) is 0 Å². The van der Waals surface area contributed by atoms with Crippen molar-refractivity contribution in [1.82, 2.24) is 56.6 Å². The smallest absolute Gasteiger partial charge is 0.408 e. The molecule has 0 aromatic carbocycles. The number of aromatic nitrogens is 6. The summed E-state index contributed by atoms with van der Waals surface area (Å²) in [6, 6.07) is -4.45. The number of unbranched alkanes of at least 4 members (excludes halogenated alkanes) is 2. The Balaban J connectivity index is 0.867. The van der Waals surface area contributed by atoms with Gasteiger partial charge in [-0.1, -0.05) is 58.4 Å². The lowest BCUT2D eigenvalue weighted by Crippen LogP contribution is -2.67. The molecule has 0 spiro atoms. The van der Waals surface area contributed by atoms with E-state index in [9.17, 15) is 90.4 Å². The minimum Gasteiger partial charge on any atom is -0.444 e. The van der Waals surface area contributed by atoms with Gasteiger partial charge in [0.05, 0.1) is 73.2 Å². The number of ether oxygens (including phenoxy) is 17. The zero-order chi connectivity index (χ0) is 97.6. The summed E-state index contributed by atoms with van der Waals surface area (Å²) in [5.74, 6) is -2.86. The topological polar surface area (TPSA) is 627 Å². The lowest BCUT2D eigenvalue weighted by molar-refractivity contribution is -0.324. The Hall–Kier alpha value is -6.37. The van der Waals surface area contributed by atoms with Crippen LogP contribution in [-0.2, 0) is 106 Å². The molecule has 132 heavy (non-hydrogen) atoms. The number of nitrogens with zero attached hydrogens (tertiary/aromatic N) is 6. The Morgan fingerprint density at radius 3 is 1.08 bits per heavy atom. The normalized spacial score (nSPS) is 39.0. The van der Waals surface area contributed by atoms with E-state index in [0.717, 1.165) is 0 Å². The van der Waals surface area contributed by atoms with Crippen LogP contribution in [0.5, 0.6) is 0 Å². The number of alkyl carbamates (subject to hydrolysis) is 5. The van der Waals surface area contributed by atoms with Gasteiger partial charge in [0.15, 0.2) is 37.7 Å². The van der Waals surface area contributed by atoms with Crippen molar-refractivity contribution in [3.63, 3.8) is 0 Å². The van der Waals surface area contributed by atoms with Crippen molar-refractivity contribution in [2.24, 2.45) is 23.7 Å². The van der Waals surface area contributed by atoms with Crippen molar-refractivity contribution >= 4 is 30.5 Å². The molecule has 46 heteroatoms. The minimum absolute atomic E-state index is 0.154. The van der Waals surface area contributed by atoms with Crippen LogP contribution in [-0.4, -0.2) is 376 Å². The number of aliphatic hydroxyl groups is 13. The molecule has 5 amide bonds. The van der Waals surface area contributed by atoms with Crippen LogP contribution in [0.25, 0.3) is 0 Å². The van der Waals surface area contributed by atoms with Crippen molar-refractivity contribution < 1.29 is 171 Å². The summed E-state index contributed by atoms with van der Waals surface area (Å²) >= 11 is 0. The molecule has 10 rings (SSSR count). The number of aliphatic hydroxyl groups excluding tert-OH is 13. The summed E-state index contributed by atoms with van der Waals surface area (Å²) in [6.45, 7) is 33.2. The molecule has 38 atom stereocenters. The zero-order valence-electron chi connectivity index (χ0n) is 79.3. The third kappa shape index (κ3) is 28.7. The van der Waals surface area contributed by atoms with Crippen LogP contribution in [0.3, 0.4) is 0 Å². The fourth-order valence-electron chi connectivity index (χ4n) is 17.4. The van der Waals surface area contributed by atoms with Crippen molar-refractivity contribution in [1.29, 1.82) is 0 Å². The zero-order valence-corrected chi connectivity index (χ0v) is 79.3. The standard InChI is InChI=1S/C86H147N11O35/c1-22-45-57(103)54(100)39(5)71(116-45)123-66-43(89-79(113)130-84(13,14)15)30-44(98)56(102)70(66)127-76-63(109)67(124-72-40(6)55(101)58(104)46(23-2)117-72)49(120-76)35-96-33-41(92-94-96)27-25-24-26-28-42-34-97(95-93-42)36-50-68(125-74-52(91-81(115)132-86(19,20)21)62(108)60(106)48(119-74)32-88-78(112)129-83(10,11)12)64(110)75(121-50)126-69-53(99)37(3)29-38(4)65(69)122-73-51(90-80(114)131-85(16,17)18)61(107)59(105)47(118-73)31-87-77(111)128-82(7,8)9/h33-34,37-40,43-76,98-110H,22-32,35-36H2,1-21H3,(H,87,111)(H,88,112)(H,89,113)(H,90,114)(H,91,115)/t37-,38?,39?,40?,43?,44-,45?,46+,47?,48+,49-,50-,51?,52?,53?,54-,55?,56?,57?,58?,59?,60?,61-,62?,63?,64?,65?,66?,67+,68+,69-,70-,71-,72-,73-,74-,75+,76+/m1/s1. The highest BCUT2D eigenvalue weighted by Crippen LogP contribution is 2.43. The van der Waals surface area contributed by atoms with Gasteiger partial charge < -0.3 is 173 Å². The number of hydrogen-bond donors (Lipinski definition) is 18. The fourth-order valence-corrected chi connectivity index (χ4v) is 17.4. The number of carbonyl (C=O) groups is 5. The Labute approximate surface area is 768 Å². The maximum Gasteiger partial charge on any atom is 0.408 e. The predicted octanol–water partition coefficient (Wildman–Crippen LogP) is 0.0785. The molecule has 8 fully saturated rings. The molecule has 18 N–H and O–H groups in total. The molecule has 2 aliphatic carbocycles. The van der Waals surface area contributed by atoms with Crippen LogP contribution in [0.4, 0.5) is 24.0 Å². The van der Waals surface area contributed by atoms with Gasteiger partial charge in [-0.3, -0.25) is 0 Å². The molecule has 8 aliphatic rings. The number of nitrogens with one attached hydrogen (secondary N) is 5. The van der Waals surface area contributed by atoms with E-state index in [4.69, 9.17) is 80.5 Å². The van der Waals surface area contributed by atoms with Gasteiger partial charge >= 0.3 is 30.5 Å². The fraction of sp³-hybridized carbons (Fsp3) is 0.895. The van der Waals surface area contributed by atoms with E-state index in [1.807, 2.05) is 0 Å². The Kier molecular flexibility index (Phi) is 36.7. The quantitative estimate of drug-likeness (QED) is 0.0351. The summed E-state index contributed by atoms with van der Waals surface area (Å²) in [7, 11) is 0. The van der Waals surface area contributed by atoms with Crippen LogP contribution < -0.4 is 26.6 Å². The van der Waals surface area contributed by atoms with E-state index in [1.54, 1.807) is 158 Å². The highest BCUT2D eigenvalue weighted by Gasteiger charge is 2.60. The predicted molar refractivity (Wildman–Crippen MR) is 455 cm³/mol. The highest BCUT2D eigenvalue weighted by atomic mass is 16.8. The summed E-state index contributed by atoms with van der Waals surface area (Å²) < 4.78 is 108. The molecule has 2 aromatic rings. The van der Waals surface area contributed by atoms with E-state index in [2.05, 4.69) is 47.2 Å². The number of rotatable bonds is 31. The summed E-state index contributed by atoms with van der Waals surface area (Å²) in [4.78, 5) is 66.7. The maximum absolute atomic E-state index is 13.7. The first-order valence-corrected chi connectivity index (χ1v) is 45.9. The molecule has 0 radical (unpaired) electrons. The van der Waals surface area contributed by atoms with E-state index < -0.39 is 304 Å². The van der Waals surface area contributed by atoms with Crippen LogP contribution >= 0.6 is 0 Å². The number of aryl methyl sites for hydroxylation is 2. The first kappa shape index (κ1) is 108. The van der Waals surface area contributed by atoms with E-state index >= 15 is 0 Å². The van der Waals surface area contributed by atoms with E-state index in [1.165, 1.54) is 9.36 Å². The van der Waals surface area contributed by atoms with Crippen molar-refractivity contribution in [3.05, 3.63) is 23.8 Å². The molecule has 20 unspecified atom stereocenters. The summed E-state index contributed by atoms with van der Waals surface area (Å²) in [5, 5.41) is 183. The number of hydrogen-bond acceptors (Lipinski definition) is 39. The van der Waals surface area contributed by atoms with Gasteiger partial charge in [0.1, 0.15) is 150 Å². The molecular weight excluding hydrogens is 1750 g/mol. The second kappa shape index (κ2) is 45.1. The summed E-state index contributed by atoms with van der Waals surface area (Å²) in [6.07, 6.45) is -44.9. The summed E-state index contributed by atoms with van der Waals surface area (Å²) in [5.41, 5.74) is -3.94.